The van der Waals surface area contributed by atoms with E-state index in [9.17, 15) is 9.59 Å². The molecule has 1 aromatic heterocycles. The van der Waals surface area contributed by atoms with Crippen LogP contribution in [0.4, 0.5) is 5.13 Å². The van der Waals surface area contributed by atoms with Gasteiger partial charge in [0.25, 0.3) is 5.91 Å². The van der Waals surface area contributed by atoms with Crippen molar-refractivity contribution in [1.29, 1.82) is 0 Å². The Kier molecular flexibility index (Phi) is 6.20. The van der Waals surface area contributed by atoms with Crippen LogP contribution in [-0.4, -0.2) is 30.6 Å². The van der Waals surface area contributed by atoms with Crippen molar-refractivity contribution in [3.63, 3.8) is 0 Å². The van der Waals surface area contributed by atoms with Crippen LogP contribution in [0.5, 0.6) is 5.75 Å². The minimum atomic E-state index is -0.599. The van der Waals surface area contributed by atoms with Crippen molar-refractivity contribution < 1.29 is 19.1 Å². The minimum absolute atomic E-state index is 0.313. The maximum Gasteiger partial charge on any atom is 0.338 e. The van der Waals surface area contributed by atoms with Crippen LogP contribution in [0, 0.1) is 0 Å². The van der Waals surface area contributed by atoms with Gasteiger partial charge in [-0.3, -0.25) is 10.1 Å². The van der Waals surface area contributed by atoms with Crippen LogP contribution in [0.25, 0.3) is 11.3 Å². The molecule has 3 aromatic rings. The molecule has 0 saturated carbocycles. The number of nitrogens with one attached hydrogen (secondary N) is 1. The standard InChI is InChI=1S/C19H15BrN2O4S/c1-25-15-7-3-5-13(9-15)18(24)26-10-17(23)22-19-21-16(11-27-19)12-4-2-6-14(20)8-12/h2-9,11H,10H2,1H3,(H,21,22,23). The average molecular weight is 447 g/mol. The number of amides is 1. The zero-order valence-corrected chi connectivity index (χ0v) is 16.7. The van der Waals surface area contributed by atoms with E-state index in [1.54, 1.807) is 24.3 Å². The number of anilines is 1. The van der Waals surface area contributed by atoms with Crippen molar-refractivity contribution in [3.8, 4) is 17.0 Å². The lowest BCUT2D eigenvalue weighted by Gasteiger charge is -2.06. The number of thiazole rings is 1. The Labute approximate surface area is 168 Å². The van der Waals surface area contributed by atoms with E-state index < -0.39 is 18.5 Å². The van der Waals surface area contributed by atoms with Gasteiger partial charge < -0.3 is 9.47 Å². The van der Waals surface area contributed by atoms with Crippen LogP contribution in [0.1, 0.15) is 10.4 Å². The van der Waals surface area contributed by atoms with Gasteiger partial charge in [-0.15, -0.1) is 11.3 Å². The lowest BCUT2D eigenvalue weighted by atomic mass is 10.2. The fourth-order valence-corrected chi connectivity index (χ4v) is 3.37. The highest BCUT2D eigenvalue weighted by atomic mass is 79.9. The topological polar surface area (TPSA) is 77.5 Å². The molecule has 1 amide bonds. The number of hydrogen-bond donors (Lipinski definition) is 1. The summed E-state index contributed by atoms with van der Waals surface area (Å²) in [6, 6.07) is 14.2. The second-order valence-electron chi connectivity index (χ2n) is 5.40. The molecule has 0 aliphatic rings. The van der Waals surface area contributed by atoms with E-state index >= 15 is 0 Å². The highest BCUT2D eigenvalue weighted by Crippen LogP contribution is 2.26. The Morgan fingerprint density at radius 2 is 2.00 bits per heavy atom. The second-order valence-corrected chi connectivity index (χ2v) is 7.18. The van der Waals surface area contributed by atoms with Gasteiger partial charge in [0.05, 0.1) is 18.4 Å². The van der Waals surface area contributed by atoms with Crippen LogP contribution in [0.3, 0.4) is 0 Å². The number of methoxy groups -OCH3 is 1. The third-order valence-electron chi connectivity index (χ3n) is 3.51. The first kappa shape index (κ1) is 19.1. The van der Waals surface area contributed by atoms with Gasteiger partial charge in [0.2, 0.25) is 0 Å². The van der Waals surface area contributed by atoms with Crippen molar-refractivity contribution in [2.45, 2.75) is 0 Å². The van der Waals surface area contributed by atoms with E-state index in [1.807, 2.05) is 29.6 Å². The molecule has 1 heterocycles. The van der Waals surface area contributed by atoms with Crippen molar-refractivity contribution in [1.82, 2.24) is 4.98 Å². The molecule has 27 heavy (non-hydrogen) atoms. The number of esters is 1. The summed E-state index contributed by atoms with van der Waals surface area (Å²) < 4.78 is 11.0. The summed E-state index contributed by atoms with van der Waals surface area (Å²) in [7, 11) is 1.51. The number of aromatic nitrogens is 1. The van der Waals surface area contributed by atoms with Crippen LogP contribution in [0.15, 0.2) is 58.4 Å². The predicted molar refractivity (Wildman–Crippen MR) is 107 cm³/mol. The predicted octanol–water partition coefficient (Wildman–Crippen LogP) is 4.38. The van der Waals surface area contributed by atoms with Crippen LogP contribution >= 0.6 is 27.3 Å². The largest absolute Gasteiger partial charge is 0.497 e. The summed E-state index contributed by atoms with van der Waals surface area (Å²) in [5, 5.41) is 4.92. The van der Waals surface area contributed by atoms with E-state index in [0.29, 0.717) is 16.4 Å². The highest BCUT2D eigenvalue weighted by molar-refractivity contribution is 9.10. The quantitative estimate of drug-likeness (QED) is 0.568. The van der Waals surface area contributed by atoms with Gasteiger partial charge >= 0.3 is 5.97 Å². The molecule has 0 atom stereocenters. The molecule has 0 spiro atoms. The molecule has 0 saturated heterocycles. The zero-order chi connectivity index (χ0) is 19.2. The van der Waals surface area contributed by atoms with Gasteiger partial charge in [-0.25, -0.2) is 9.78 Å². The van der Waals surface area contributed by atoms with Gasteiger partial charge in [-0.2, -0.15) is 0 Å². The van der Waals surface area contributed by atoms with Gasteiger partial charge in [0.15, 0.2) is 11.7 Å². The monoisotopic (exact) mass is 446 g/mol. The van der Waals surface area contributed by atoms with Gasteiger partial charge in [0, 0.05) is 15.4 Å². The van der Waals surface area contributed by atoms with E-state index in [4.69, 9.17) is 9.47 Å². The summed E-state index contributed by atoms with van der Waals surface area (Å²) in [4.78, 5) is 28.4. The Morgan fingerprint density at radius 1 is 1.19 bits per heavy atom. The smallest absolute Gasteiger partial charge is 0.338 e. The van der Waals surface area contributed by atoms with Gasteiger partial charge in [-0.1, -0.05) is 34.1 Å². The Balaban J connectivity index is 1.56. The molecule has 138 valence electrons. The molecular formula is C19H15BrN2O4S. The highest BCUT2D eigenvalue weighted by Gasteiger charge is 2.13. The first-order valence-corrected chi connectivity index (χ1v) is 9.55. The van der Waals surface area contributed by atoms with E-state index in [-0.39, 0.29) is 0 Å². The number of benzene rings is 2. The number of hydrogen-bond acceptors (Lipinski definition) is 6. The van der Waals surface area contributed by atoms with E-state index in [0.717, 1.165) is 15.7 Å². The average Bonchev–Trinajstić information content (AvgIpc) is 3.14. The SMILES string of the molecule is COc1cccc(C(=O)OCC(=O)Nc2nc(-c3cccc(Br)c3)cs2)c1. The number of rotatable bonds is 6. The Hall–Kier alpha value is -2.71. The molecule has 0 unspecified atom stereocenters. The van der Waals surface area contributed by atoms with E-state index in [1.165, 1.54) is 18.4 Å². The first-order valence-electron chi connectivity index (χ1n) is 7.87. The number of carbonyl (C=O) groups excluding carboxylic acids is 2. The molecule has 3 rings (SSSR count). The van der Waals surface area contributed by atoms with Crippen molar-refractivity contribution in [3.05, 3.63) is 63.9 Å². The molecular weight excluding hydrogens is 432 g/mol. The summed E-state index contributed by atoms with van der Waals surface area (Å²) in [6.45, 7) is -0.401. The first-order chi connectivity index (χ1) is 13.0. The van der Waals surface area contributed by atoms with Crippen LogP contribution in [-0.2, 0) is 9.53 Å². The van der Waals surface area contributed by atoms with Crippen molar-refractivity contribution in [2.75, 3.05) is 19.0 Å². The van der Waals surface area contributed by atoms with E-state index in [2.05, 4.69) is 26.2 Å². The fourth-order valence-electron chi connectivity index (χ4n) is 2.23. The number of ether oxygens (including phenoxy) is 2. The summed E-state index contributed by atoms with van der Waals surface area (Å²) >= 11 is 4.72. The second kappa shape index (κ2) is 8.79. The maximum atomic E-state index is 12.0. The molecule has 0 fully saturated rings. The maximum absolute atomic E-state index is 12.0. The van der Waals surface area contributed by atoms with Crippen molar-refractivity contribution in [2.24, 2.45) is 0 Å². The normalized spacial score (nSPS) is 10.3. The third kappa shape index (κ3) is 5.15. The summed E-state index contributed by atoms with van der Waals surface area (Å²) in [5.74, 6) is -0.517. The lowest BCUT2D eigenvalue weighted by molar-refractivity contribution is -0.119. The molecule has 6 nitrogen and oxygen atoms in total. The molecule has 0 radical (unpaired) electrons. The lowest BCUT2D eigenvalue weighted by Crippen LogP contribution is -2.20. The summed E-state index contributed by atoms with van der Waals surface area (Å²) in [5.41, 5.74) is 2.00. The van der Waals surface area contributed by atoms with Gasteiger partial charge in [0.1, 0.15) is 5.75 Å². The number of nitrogens with zero attached hydrogens (tertiary/aromatic N) is 1. The minimum Gasteiger partial charge on any atom is -0.497 e. The number of carbonyl (C=O) groups is 2. The van der Waals surface area contributed by atoms with Crippen molar-refractivity contribution >= 4 is 44.3 Å². The Bertz CT molecular complexity index is 974. The molecule has 2 aromatic carbocycles. The number of halogens is 1. The van der Waals surface area contributed by atoms with Crippen LogP contribution in [0.2, 0.25) is 0 Å². The molecule has 0 bridgehead atoms. The molecule has 1 N–H and O–H groups in total. The van der Waals surface area contributed by atoms with Gasteiger partial charge in [-0.05, 0) is 30.3 Å². The molecule has 0 aliphatic heterocycles. The third-order valence-corrected chi connectivity index (χ3v) is 4.76. The molecule has 8 heteroatoms. The molecule has 0 aliphatic carbocycles. The Morgan fingerprint density at radius 3 is 2.78 bits per heavy atom. The zero-order valence-electron chi connectivity index (χ0n) is 14.3. The summed E-state index contributed by atoms with van der Waals surface area (Å²) in [6.07, 6.45) is 0. The fraction of sp³-hybridized carbons (Fsp3) is 0.105. The van der Waals surface area contributed by atoms with Crippen LogP contribution < -0.4 is 10.1 Å².